The number of carbonyl (C=O) groups is 2. The summed E-state index contributed by atoms with van der Waals surface area (Å²) in [6, 6.07) is 0. The van der Waals surface area contributed by atoms with Crippen LogP contribution in [0.1, 0.15) is 0 Å². The van der Waals surface area contributed by atoms with Crippen LogP contribution < -0.4 is 0 Å². The molecule has 18 heteroatoms. The maximum atomic E-state index is 13.5. The van der Waals surface area contributed by atoms with E-state index in [1.54, 1.807) is 0 Å². The lowest BCUT2D eigenvalue weighted by molar-refractivity contribution is -0.529. The predicted octanol–water partition coefficient (Wildman–Crippen LogP) is 2.68. The van der Waals surface area contributed by atoms with Crippen LogP contribution in [0.3, 0.4) is 0 Å². The van der Waals surface area contributed by atoms with Gasteiger partial charge in [-0.2, -0.15) is 62.5 Å². The summed E-state index contributed by atoms with van der Waals surface area (Å²) in [6.07, 6.45) is -27.2. The molecule has 2 atom stereocenters. The first-order valence-electron chi connectivity index (χ1n) is 5.32. The Morgan fingerprint density at radius 2 is 0.808 bits per heavy atom. The van der Waals surface area contributed by atoms with Crippen molar-refractivity contribution in [1.29, 1.82) is 0 Å². The molecule has 2 unspecified atom stereocenters. The molecule has 152 valence electrons. The van der Waals surface area contributed by atoms with Crippen LogP contribution in [0, 0.1) is 0 Å². The van der Waals surface area contributed by atoms with Crippen LogP contribution in [0.2, 0.25) is 0 Å². The van der Waals surface area contributed by atoms with Gasteiger partial charge < -0.3 is 9.47 Å². The van der Waals surface area contributed by atoms with Gasteiger partial charge in [-0.3, -0.25) is 0 Å². The molecule has 0 spiro atoms. The molecule has 1 rings (SSSR count). The Labute approximate surface area is 131 Å². The molecule has 0 saturated carbocycles. The van der Waals surface area contributed by atoms with Crippen molar-refractivity contribution in [2.24, 2.45) is 0 Å². The molecule has 0 radical (unpaired) electrons. The average Bonchev–Trinajstić information content (AvgIpc) is 2.39. The van der Waals surface area contributed by atoms with Crippen LogP contribution in [-0.4, -0.2) is 48.2 Å². The van der Waals surface area contributed by atoms with E-state index in [1.807, 2.05) is 0 Å². The van der Waals surface area contributed by atoms with E-state index in [4.69, 9.17) is 0 Å². The predicted molar refractivity (Wildman–Crippen MR) is 44.0 cm³/mol. The maximum Gasteiger partial charge on any atom is 0.509 e. The van der Waals surface area contributed by atoms with Crippen LogP contribution in [0.25, 0.3) is 0 Å². The molecule has 0 N–H and O–H groups in total. The Kier molecular flexibility index (Phi) is 4.89. The molecular formula is C8F12O6. The second-order valence-electron chi connectivity index (χ2n) is 4.17. The topological polar surface area (TPSA) is 71.1 Å². The third kappa shape index (κ3) is 3.33. The Balaban J connectivity index is 3.61. The number of halogens is 12. The molecule has 1 aliphatic heterocycles. The number of rotatable bonds is 0. The zero-order chi connectivity index (χ0) is 21.0. The number of cyclic esters (lactones) is 2. The fraction of sp³-hybridized carbons (Fsp3) is 0.750. The van der Waals surface area contributed by atoms with E-state index in [0.29, 0.717) is 0 Å². The monoisotopic (exact) mass is 420 g/mol. The van der Waals surface area contributed by atoms with Gasteiger partial charge in [0.15, 0.2) is 0 Å². The Morgan fingerprint density at radius 3 is 1.00 bits per heavy atom. The summed E-state index contributed by atoms with van der Waals surface area (Å²) < 4.78 is 157. The van der Waals surface area contributed by atoms with Gasteiger partial charge in [0, 0.05) is 0 Å². The van der Waals surface area contributed by atoms with E-state index in [1.165, 1.54) is 0 Å². The van der Waals surface area contributed by atoms with Gasteiger partial charge in [-0.05, 0) is 0 Å². The summed E-state index contributed by atoms with van der Waals surface area (Å²) in [5, 5.41) is 0. The van der Waals surface area contributed by atoms with Gasteiger partial charge in [-0.1, -0.05) is 0 Å². The van der Waals surface area contributed by atoms with Gasteiger partial charge >= 0.3 is 48.2 Å². The van der Waals surface area contributed by atoms with Crippen molar-refractivity contribution in [3.05, 3.63) is 0 Å². The Bertz CT molecular complexity index is 546. The fourth-order valence-electron chi connectivity index (χ4n) is 0.992. The summed E-state index contributed by atoms with van der Waals surface area (Å²) in [7, 11) is 0. The number of esters is 2. The number of ether oxygens (including phenoxy) is 2. The Morgan fingerprint density at radius 1 is 0.577 bits per heavy atom. The first-order chi connectivity index (χ1) is 11.2. The van der Waals surface area contributed by atoms with E-state index in [-0.39, 0.29) is 0 Å². The summed E-state index contributed by atoms with van der Waals surface area (Å²) in [6.45, 7) is 0. The fourth-order valence-corrected chi connectivity index (χ4v) is 0.992. The zero-order valence-electron chi connectivity index (χ0n) is 11.0. The van der Waals surface area contributed by atoms with Crippen LogP contribution in [-0.2, 0) is 28.8 Å². The van der Waals surface area contributed by atoms with Gasteiger partial charge in [-0.25, -0.2) is 9.59 Å². The van der Waals surface area contributed by atoms with Crippen molar-refractivity contribution in [2.75, 3.05) is 0 Å². The minimum absolute atomic E-state index is 2.17. The third-order valence-corrected chi connectivity index (χ3v) is 2.31. The summed E-state index contributed by atoms with van der Waals surface area (Å²) in [4.78, 5) is 26.0. The highest BCUT2D eigenvalue weighted by molar-refractivity contribution is 5.80. The lowest BCUT2D eigenvalue weighted by atomic mass is 10.3. The molecule has 1 heterocycles. The number of hydrogen-bond acceptors (Lipinski definition) is 6. The first-order valence-corrected chi connectivity index (χ1v) is 5.32. The molecule has 0 bridgehead atoms. The van der Waals surface area contributed by atoms with Gasteiger partial charge in [0.05, 0.1) is 0 Å². The molecule has 26 heavy (non-hydrogen) atoms. The smallest absolute Gasteiger partial charge is 0.388 e. The molecule has 0 amide bonds. The number of carbonyl (C=O) groups excluding carboxylic acids is 2. The molecule has 1 aliphatic rings. The third-order valence-electron chi connectivity index (χ3n) is 2.31. The van der Waals surface area contributed by atoms with E-state index in [0.717, 1.165) is 0 Å². The van der Waals surface area contributed by atoms with Gasteiger partial charge in [0.25, 0.3) is 0 Å². The largest absolute Gasteiger partial charge is 0.509 e. The van der Waals surface area contributed by atoms with Gasteiger partial charge in [-0.15, -0.1) is 0 Å². The molecule has 6 nitrogen and oxygen atoms in total. The lowest BCUT2D eigenvalue weighted by Crippen LogP contribution is -2.62. The van der Waals surface area contributed by atoms with E-state index < -0.39 is 48.2 Å². The van der Waals surface area contributed by atoms with Crippen molar-refractivity contribution >= 4 is 11.9 Å². The quantitative estimate of drug-likeness (QED) is 0.341. The van der Waals surface area contributed by atoms with Crippen molar-refractivity contribution in [1.82, 2.24) is 0 Å². The van der Waals surface area contributed by atoms with Crippen LogP contribution in [0.5, 0.6) is 0 Å². The summed E-state index contributed by atoms with van der Waals surface area (Å²) >= 11 is 0. The molecule has 1 saturated heterocycles. The summed E-state index contributed by atoms with van der Waals surface area (Å²) in [5.41, 5.74) is 0. The highest BCUT2D eigenvalue weighted by Gasteiger charge is 2.77. The minimum atomic E-state index is -6.93. The second-order valence-corrected chi connectivity index (χ2v) is 4.17. The molecule has 0 aromatic heterocycles. The van der Waals surface area contributed by atoms with E-state index in [9.17, 15) is 62.3 Å². The second kappa shape index (κ2) is 5.76. The zero-order valence-corrected chi connectivity index (χ0v) is 11.0. The summed E-state index contributed by atoms with van der Waals surface area (Å²) in [5.74, 6) is -21.2. The molecular weight excluding hydrogens is 420 g/mol. The SMILES string of the molecule is O=C1OC(F)(F)C(F)(F)OC(=O)C(F)(C(F)(F)F)OOC1(F)C(F)(F)F. The van der Waals surface area contributed by atoms with E-state index in [2.05, 4.69) is 19.2 Å². The molecule has 0 aromatic rings. The highest BCUT2D eigenvalue weighted by Crippen LogP contribution is 2.47. The maximum absolute atomic E-state index is 13.5. The van der Waals surface area contributed by atoms with Crippen molar-refractivity contribution in [2.45, 2.75) is 36.3 Å². The highest BCUT2D eigenvalue weighted by atomic mass is 19.4. The molecule has 0 aromatic carbocycles. The standard InChI is InChI=1S/C8F12O6/c9-3(5(11,12)13)1(21)23-7(17,18)8(19,20)24-2(22)4(10,26-25-3)6(14,15)16. The number of hydrogen-bond donors (Lipinski definition) is 0. The van der Waals surface area contributed by atoms with Crippen LogP contribution in [0.4, 0.5) is 52.7 Å². The molecule has 1 fully saturated rings. The minimum Gasteiger partial charge on any atom is -0.388 e. The van der Waals surface area contributed by atoms with Crippen LogP contribution in [0.15, 0.2) is 0 Å². The first kappa shape index (κ1) is 22.1. The van der Waals surface area contributed by atoms with Crippen molar-refractivity contribution in [3.8, 4) is 0 Å². The molecule has 0 aliphatic carbocycles. The lowest BCUT2D eigenvalue weighted by Gasteiger charge is -2.34. The average molecular weight is 420 g/mol. The van der Waals surface area contributed by atoms with Crippen molar-refractivity contribution < 1.29 is 81.5 Å². The van der Waals surface area contributed by atoms with E-state index >= 15 is 0 Å². The van der Waals surface area contributed by atoms with Crippen molar-refractivity contribution in [3.63, 3.8) is 0 Å². The normalized spacial score (nSPS) is 33.2. The van der Waals surface area contributed by atoms with Crippen LogP contribution >= 0.6 is 0 Å². The number of alkyl halides is 12. The van der Waals surface area contributed by atoms with Gasteiger partial charge in [0.1, 0.15) is 0 Å². The Hall–Kier alpha value is -1.98. The van der Waals surface area contributed by atoms with Gasteiger partial charge in [0.2, 0.25) is 0 Å².